The predicted octanol–water partition coefficient (Wildman–Crippen LogP) is 4.33. The lowest BCUT2D eigenvalue weighted by Gasteiger charge is -2.10. The van der Waals surface area contributed by atoms with Crippen molar-refractivity contribution in [1.82, 2.24) is 0 Å². The second-order valence-electron chi connectivity index (χ2n) is 5.85. The monoisotopic (exact) mass is 297 g/mol. The van der Waals surface area contributed by atoms with Crippen LogP contribution in [0.2, 0.25) is 0 Å². The molecule has 0 aliphatic carbocycles. The lowest BCUT2D eigenvalue weighted by molar-refractivity contribution is -0.116. The van der Waals surface area contributed by atoms with E-state index >= 15 is 0 Å². The van der Waals surface area contributed by atoms with E-state index in [9.17, 15) is 4.79 Å². The molecule has 2 aromatic rings. The molecule has 2 rings (SSSR count). The number of rotatable bonds is 5. The highest BCUT2D eigenvalue weighted by molar-refractivity contribution is 5.90. The molecule has 116 valence electrons. The average molecular weight is 297 g/mol. The van der Waals surface area contributed by atoms with Crippen molar-refractivity contribution in [3.63, 3.8) is 0 Å². The van der Waals surface area contributed by atoms with E-state index in [4.69, 9.17) is 4.74 Å². The van der Waals surface area contributed by atoms with Crippen molar-refractivity contribution in [2.75, 3.05) is 11.9 Å². The smallest absolute Gasteiger partial charge is 0.227 e. The minimum atomic E-state index is -0.0330. The maximum atomic E-state index is 12.0. The van der Waals surface area contributed by atoms with Gasteiger partial charge in [-0.15, -0.1) is 0 Å². The van der Waals surface area contributed by atoms with Gasteiger partial charge in [-0.25, -0.2) is 0 Å². The van der Waals surface area contributed by atoms with Crippen LogP contribution < -0.4 is 10.1 Å². The number of nitrogens with one attached hydrogen (secondary N) is 1. The summed E-state index contributed by atoms with van der Waals surface area (Å²) in [5, 5.41) is 2.91. The molecule has 0 aliphatic rings. The van der Waals surface area contributed by atoms with Crippen molar-refractivity contribution in [2.45, 2.75) is 34.1 Å². The van der Waals surface area contributed by atoms with Gasteiger partial charge >= 0.3 is 0 Å². The number of aryl methyl sites for hydroxylation is 4. The number of hydrogen-bond donors (Lipinski definition) is 1. The van der Waals surface area contributed by atoms with E-state index in [1.165, 1.54) is 0 Å². The van der Waals surface area contributed by atoms with Crippen LogP contribution >= 0.6 is 0 Å². The maximum absolute atomic E-state index is 12.0. The third-order valence-electron chi connectivity index (χ3n) is 3.30. The molecule has 0 aliphatic heterocycles. The van der Waals surface area contributed by atoms with Crippen molar-refractivity contribution < 1.29 is 9.53 Å². The quantitative estimate of drug-likeness (QED) is 0.892. The Morgan fingerprint density at radius 2 is 1.36 bits per heavy atom. The fraction of sp³-hybridized carbons (Fsp3) is 0.316. The summed E-state index contributed by atoms with van der Waals surface area (Å²) in [7, 11) is 0. The lowest BCUT2D eigenvalue weighted by atomic mass is 10.1. The Morgan fingerprint density at radius 1 is 0.864 bits per heavy atom. The molecule has 0 aromatic heterocycles. The first-order valence-electron chi connectivity index (χ1n) is 7.51. The Balaban J connectivity index is 1.85. The van der Waals surface area contributed by atoms with Crippen molar-refractivity contribution in [1.29, 1.82) is 0 Å². The van der Waals surface area contributed by atoms with Crippen LogP contribution in [0.1, 0.15) is 28.7 Å². The van der Waals surface area contributed by atoms with Crippen LogP contribution in [0.5, 0.6) is 5.75 Å². The molecule has 2 aromatic carbocycles. The third-order valence-corrected chi connectivity index (χ3v) is 3.30. The van der Waals surface area contributed by atoms with Gasteiger partial charge in [0.25, 0.3) is 0 Å². The third kappa shape index (κ3) is 4.92. The normalized spacial score (nSPS) is 10.4. The number of anilines is 1. The number of carbonyl (C=O) groups excluding carboxylic acids is 1. The number of amides is 1. The van der Waals surface area contributed by atoms with Crippen LogP contribution in [0, 0.1) is 27.7 Å². The highest BCUT2D eigenvalue weighted by Crippen LogP contribution is 2.17. The van der Waals surface area contributed by atoms with Crippen LogP contribution in [0.3, 0.4) is 0 Å². The zero-order chi connectivity index (χ0) is 16.1. The molecule has 0 atom stereocenters. The second-order valence-corrected chi connectivity index (χ2v) is 5.85. The van der Waals surface area contributed by atoms with Crippen LogP contribution in [0.25, 0.3) is 0 Å². The Bertz CT molecular complexity index is 637. The first kappa shape index (κ1) is 16.1. The minimum Gasteiger partial charge on any atom is -0.493 e. The Hall–Kier alpha value is -2.29. The van der Waals surface area contributed by atoms with E-state index in [1.54, 1.807) is 0 Å². The highest BCUT2D eigenvalue weighted by Gasteiger charge is 2.04. The minimum absolute atomic E-state index is 0.0330. The molecule has 3 nitrogen and oxygen atoms in total. The van der Waals surface area contributed by atoms with Gasteiger partial charge in [0, 0.05) is 5.69 Å². The fourth-order valence-electron chi connectivity index (χ4n) is 2.55. The van der Waals surface area contributed by atoms with E-state index in [1.807, 2.05) is 52.0 Å². The molecule has 1 amide bonds. The van der Waals surface area contributed by atoms with E-state index in [2.05, 4.69) is 17.4 Å². The summed E-state index contributed by atoms with van der Waals surface area (Å²) in [6, 6.07) is 12.1. The van der Waals surface area contributed by atoms with Gasteiger partial charge in [-0.2, -0.15) is 0 Å². The van der Waals surface area contributed by atoms with Crippen molar-refractivity contribution in [2.24, 2.45) is 0 Å². The van der Waals surface area contributed by atoms with Crippen molar-refractivity contribution in [3.05, 3.63) is 58.7 Å². The molecule has 0 heterocycles. The largest absolute Gasteiger partial charge is 0.493 e. The van der Waals surface area contributed by atoms with Crippen molar-refractivity contribution >= 4 is 11.6 Å². The zero-order valence-electron chi connectivity index (χ0n) is 13.7. The van der Waals surface area contributed by atoms with Gasteiger partial charge in [0.1, 0.15) is 5.75 Å². The molecule has 0 saturated heterocycles. The number of hydrogen-bond acceptors (Lipinski definition) is 2. The van der Waals surface area contributed by atoms with Crippen LogP contribution in [-0.4, -0.2) is 12.5 Å². The van der Waals surface area contributed by atoms with Gasteiger partial charge in [0.2, 0.25) is 5.91 Å². The molecule has 0 spiro atoms. The van der Waals surface area contributed by atoms with Crippen LogP contribution in [0.4, 0.5) is 5.69 Å². The van der Waals surface area contributed by atoms with Gasteiger partial charge in [0.05, 0.1) is 13.0 Å². The topological polar surface area (TPSA) is 38.3 Å². The molecule has 0 radical (unpaired) electrons. The van der Waals surface area contributed by atoms with Gasteiger partial charge in [-0.1, -0.05) is 12.1 Å². The fourth-order valence-corrected chi connectivity index (χ4v) is 2.55. The molecular weight excluding hydrogens is 274 g/mol. The summed E-state index contributed by atoms with van der Waals surface area (Å²) < 4.78 is 5.66. The van der Waals surface area contributed by atoms with Gasteiger partial charge < -0.3 is 10.1 Å². The van der Waals surface area contributed by atoms with Crippen LogP contribution in [-0.2, 0) is 4.79 Å². The van der Waals surface area contributed by atoms with Crippen LogP contribution in [0.15, 0.2) is 36.4 Å². The van der Waals surface area contributed by atoms with E-state index < -0.39 is 0 Å². The average Bonchev–Trinajstić information content (AvgIpc) is 2.35. The summed E-state index contributed by atoms with van der Waals surface area (Å²) in [5.74, 6) is 0.783. The molecule has 3 heteroatoms. The number of carbonyl (C=O) groups is 1. The Morgan fingerprint density at radius 3 is 1.91 bits per heavy atom. The standard InChI is InChI=1S/C19H23NO2/c1-13-7-14(2)10-17(9-13)20-19(21)5-6-22-18-11-15(3)8-16(4)12-18/h7-12H,5-6H2,1-4H3,(H,20,21). The summed E-state index contributed by atoms with van der Waals surface area (Å²) >= 11 is 0. The predicted molar refractivity (Wildman–Crippen MR) is 90.6 cm³/mol. The Kier molecular flexibility index (Phi) is 5.21. The summed E-state index contributed by atoms with van der Waals surface area (Å²) in [6.45, 7) is 8.48. The van der Waals surface area contributed by atoms with Crippen molar-refractivity contribution in [3.8, 4) is 5.75 Å². The molecule has 1 N–H and O–H groups in total. The SMILES string of the molecule is Cc1cc(C)cc(NC(=O)CCOc2cc(C)cc(C)c2)c1. The maximum Gasteiger partial charge on any atom is 0.227 e. The summed E-state index contributed by atoms with van der Waals surface area (Å²) in [5.41, 5.74) is 5.45. The molecule has 0 fully saturated rings. The van der Waals surface area contributed by atoms with Gasteiger partial charge in [0.15, 0.2) is 0 Å². The van der Waals surface area contributed by atoms with E-state index in [0.717, 1.165) is 33.7 Å². The second kappa shape index (κ2) is 7.12. The zero-order valence-corrected chi connectivity index (χ0v) is 13.7. The van der Waals surface area contributed by atoms with Gasteiger partial charge in [-0.05, 0) is 74.2 Å². The highest BCUT2D eigenvalue weighted by atomic mass is 16.5. The van der Waals surface area contributed by atoms with E-state index in [0.29, 0.717) is 13.0 Å². The molecule has 22 heavy (non-hydrogen) atoms. The molecular formula is C19H23NO2. The molecule has 0 bridgehead atoms. The van der Waals surface area contributed by atoms with E-state index in [-0.39, 0.29) is 5.91 Å². The lowest BCUT2D eigenvalue weighted by Crippen LogP contribution is -2.15. The Labute approximate surface area is 132 Å². The molecule has 0 unspecified atom stereocenters. The first-order valence-corrected chi connectivity index (χ1v) is 7.51. The first-order chi connectivity index (χ1) is 10.4. The summed E-state index contributed by atoms with van der Waals surface area (Å²) in [4.78, 5) is 12.0. The van der Waals surface area contributed by atoms with Gasteiger partial charge in [-0.3, -0.25) is 4.79 Å². The number of ether oxygens (including phenoxy) is 1. The number of benzene rings is 2. The molecule has 0 saturated carbocycles. The summed E-state index contributed by atoms with van der Waals surface area (Å²) in [6.07, 6.45) is 0.333.